The Balaban J connectivity index is 1.92. The van der Waals surface area contributed by atoms with Crippen molar-refractivity contribution in [1.82, 2.24) is 0 Å². The highest BCUT2D eigenvalue weighted by Gasteiger charge is 2.63. The average molecular weight is 378 g/mol. The van der Waals surface area contributed by atoms with E-state index in [1.807, 2.05) is 13.8 Å². The number of aliphatic hydroxyl groups excluding tert-OH is 2. The molecule has 0 amide bonds. The minimum atomic E-state index is -0.730. The zero-order valence-corrected chi connectivity index (χ0v) is 15.6. The van der Waals surface area contributed by atoms with Gasteiger partial charge in [-0.15, -0.1) is 0 Å². The maximum atomic E-state index is 12.5. The number of carbonyl (C=O) groups is 2. The number of hydrogen-bond acceptors (Lipinski definition) is 7. The first-order chi connectivity index (χ1) is 12.8. The largest absolute Gasteiger partial charge is 0.458 e. The van der Waals surface area contributed by atoms with Crippen molar-refractivity contribution in [2.24, 2.45) is 5.92 Å². The minimum absolute atomic E-state index is 0.0314. The number of allylic oxidation sites excluding steroid dienone is 1. The fourth-order valence-corrected chi connectivity index (χ4v) is 3.95. The monoisotopic (exact) mass is 378 g/mol. The average Bonchev–Trinajstić information content (AvgIpc) is 3.19. The number of aliphatic hydroxyl groups is 2. The Hall–Kier alpha value is -1.96. The molecule has 7 nitrogen and oxygen atoms in total. The van der Waals surface area contributed by atoms with Gasteiger partial charge in [0.25, 0.3) is 0 Å². The van der Waals surface area contributed by atoms with Gasteiger partial charge in [-0.1, -0.05) is 18.2 Å². The number of ether oxygens (including phenoxy) is 3. The lowest BCUT2D eigenvalue weighted by atomic mass is 9.82. The van der Waals surface area contributed by atoms with Crippen molar-refractivity contribution >= 4 is 11.9 Å². The van der Waals surface area contributed by atoms with Crippen LogP contribution in [0.15, 0.2) is 35.5 Å². The number of carbonyl (C=O) groups excluding carboxylic acids is 2. The summed E-state index contributed by atoms with van der Waals surface area (Å²) in [6.07, 6.45) is 3.85. The van der Waals surface area contributed by atoms with Crippen molar-refractivity contribution in [2.45, 2.75) is 57.0 Å². The number of epoxide rings is 1. The molecule has 0 spiro atoms. The lowest BCUT2D eigenvalue weighted by Gasteiger charge is -2.28. The molecule has 2 aliphatic heterocycles. The molecule has 0 radical (unpaired) electrons. The summed E-state index contributed by atoms with van der Waals surface area (Å²) < 4.78 is 17.1. The van der Waals surface area contributed by atoms with Gasteiger partial charge < -0.3 is 24.4 Å². The number of esters is 2. The molecule has 3 rings (SSSR count). The van der Waals surface area contributed by atoms with E-state index in [9.17, 15) is 14.7 Å². The van der Waals surface area contributed by atoms with Crippen molar-refractivity contribution in [3.8, 4) is 0 Å². The summed E-state index contributed by atoms with van der Waals surface area (Å²) in [5.41, 5.74) is 0.888. The van der Waals surface area contributed by atoms with Crippen LogP contribution in [0.25, 0.3) is 0 Å². The molecule has 1 aliphatic carbocycles. The van der Waals surface area contributed by atoms with Gasteiger partial charge in [0.05, 0.1) is 30.3 Å². The predicted molar refractivity (Wildman–Crippen MR) is 95.5 cm³/mol. The third-order valence-electron chi connectivity index (χ3n) is 5.59. The van der Waals surface area contributed by atoms with E-state index in [0.717, 1.165) is 18.4 Å². The molecule has 27 heavy (non-hydrogen) atoms. The third kappa shape index (κ3) is 3.85. The Morgan fingerprint density at radius 2 is 2.22 bits per heavy atom. The van der Waals surface area contributed by atoms with Crippen molar-refractivity contribution in [1.29, 1.82) is 0 Å². The standard InChI is InChI=1S/C20H26O7/c1-11-5-4-7-20(3)17(27-20)16-15(12(2)18(23)26-16)14(9-11)25-19(24)13(10-22)6-8-21/h5-6,14-17,21-22H,2,4,7-10H2,1,3H3/b11-5+,13-6-/t14-,15-,16+,17-,20+/m1/s1. The lowest BCUT2D eigenvalue weighted by Crippen LogP contribution is -2.38. The molecule has 0 bridgehead atoms. The summed E-state index contributed by atoms with van der Waals surface area (Å²) in [4.78, 5) is 24.6. The highest BCUT2D eigenvalue weighted by Crippen LogP contribution is 2.50. The van der Waals surface area contributed by atoms with Gasteiger partial charge in [-0.3, -0.25) is 0 Å². The first kappa shape index (κ1) is 19.8. The maximum absolute atomic E-state index is 12.5. The van der Waals surface area contributed by atoms with Crippen LogP contribution in [0.3, 0.4) is 0 Å². The first-order valence-corrected chi connectivity index (χ1v) is 9.15. The maximum Gasteiger partial charge on any atom is 0.336 e. The molecule has 2 N–H and O–H groups in total. The SMILES string of the molecule is C=C1C(=O)O[C@H]2[C@H]1[C@H](OC(=O)/C(=C\CO)CO)C/C(C)=C/CC[C@]1(C)O[C@H]21. The van der Waals surface area contributed by atoms with Gasteiger partial charge in [-0.25, -0.2) is 9.59 Å². The van der Waals surface area contributed by atoms with Gasteiger partial charge in [0, 0.05) is 12.0 Å². The summed E-state index contributed by atoms with van der Waals surface area (Å²) in [7, 11) is 0. The van der Waals surface area contributed by atoms with E-state index in [-0.39, 0.29) is 29.5 Å². The van der Waals surface area contributed by atoms with E-state index < -0.39 is 36.7 Å². The Morgan fingerprint density at radius 3 is 2.89 bits per heavy atom. The second-order valence-corrected chi connectivity index (χ2v) is 7.58. The van der Waals surface area contributed by atoms with Crippen LogP contribution in [0.4, 0.5) is 0 Å². The fourth-order valence-electron chi connectivity index (χ4n) is 3.95. The second kappa shape index (κ2) is 7.58. The van der Waals surface area contributed by atoms with E-state index >= 15 is 0 Å². The third-order valence-corrected chi connectivity index (χ3v) is 5.59. The zero-order valence-electron chi connectivity index (χ0n) is 15.6. The van der Waals surface area contributed by atoms with E-state index in [1.54, 1.807) is 0 Å². The van der Waals surface area contributed by atoms with Crippen LogP contribution in [0.5, 0.6) is 0 Å². The molecule has 3 aliphatic rings. The Labute approximate surface area is 158 Å². The van der Waals surface area contributed by atoms with Crippen LogP contribution >= 0.6 is 0 Å². The van der Waals surface area contributed by atoms with Gasteiger partial charge in [0.2, 0.25) is 0 Å². The molecule has 2 saturated heterocycles. The quantitative estimate of drug-likeness (QED) is 0.328. The molecule has 7 heteroatoms. The summed E-state index contributed by atoms with van der Waals surface area (Å²) in [5, 5.41) is 18.4. The van der Waals surface area contributed by atoms with Crippen molar-refractivity contribution in [2.75, 3.05) is 13.2 Å². The number of fused-ring (bicyclic) bond motifs is 3. The summed E-state index contributed by atoms with van der Waals surface area (Å²) >= 11 is 0. The van der Waals surface area contributed by atoms with Crippen LogP contribution in [0.2, 0.25) is 0 Å². The summed E-state index contributed by atoms with van der Waals surface area (Å²) in [6.45, 7) is 6.86. The van der Waals surface area contributed by atoms with E-state index in [2.05, 4.69) is 12.7 Å². The highest BCUT2D eigenvalue weighted by atomic mass is 16.6. The molecule has 2 heterocycles. The van der Waals surface area contributed by atoms with Crippen molar-refractivity contribution in [3.63, 3.8) is 0 Å². The predicted octanol–water partition coefficient (Wildman–Crippen LogP) is 1.19. The van der Waals surface area contributed by atoms with Gasteiger partial charge in [0.1, 0.15) is 18.3 Å². The van der Waals surface area contributed by atoms with E-state index in [1.165, 1.54) is 6.08 Å². The van der Waals surface area contributed by atoms with Crippen LogP contribution in [-0.2, 0) is 23.8 Å². The highest BCUT2D eigenvalue weighted by molar-refractivity contribution is 5.92. The van der Waals surface area contributed by atoms with Gasteiger partial charge in [-0.2, -0.15) is 0 Å². The summed E-state index contributed by atoms with van der Waals surface area (Å²) in [6, 6.07) is 0. The normalized spacial score (nSPS) is 38.2. The molecule has 0 aromatic rings. The molecule has 0 aromatic carbocycles. The molecule has 148 valence electrons. The Bertz CT molecular complexity index is 707. The van der Waals surface area contributed by atoms with Crippen LogP contribution < -0.4 is 0 Å². The van der Waals surface area contributed by atoms with Gasteiger partial charge >= 0.3 is 11.9 Å². The minimum Gasteiger partial charge on any atom is -0.458 e. The first-order valence-electron chi connectivity index (χ1n) is 9.15. The molecule has 0 aromatic heterocycles. The molecule has 0 saturated carbocycles. The fraction of sp³-hybridized carbons (Fsp3) is 0.600. The molecule has 2 fully saturated rings. The molecular weight excluding hydrogens is 352 g/mol. The zero-order chi connectivity index (χ0) is 19.8. The topological polar surface area (TPSA) is 106 Å². The van der Waals surface area contributed by atoms with Crippen molar-refractivity contribution in [3.05, 3.63) is 35.5 Å². The van der Waals surface area contributed by atoms with E-state index in [0.29, 0.717) is 6.42 Å². The van der Waals surface area contributed by atoms with Crippen LogP contribution in [0, 0.1) is 5.92 Å². The Morgan fingerprint density at radius 1 is 1.48 bits per heavy atom. The molecule has 0 unspecified atom stereocenters. The number of hydrogen-bond donors (Lipinski definition) is 2. The summed E-state index contributed by atoms with van der Waals surface area (Å²) in [5.74, 6) is -1.76. The van der Waals surface area contributed by atoms with E-state index in [4.69, 9.17) is 19.3 Å². The van der Waals surface area contributed by atoms with Gasteiger partial charge in [0.15, 0.2) is 0 Å². The van der Waals surface area contributed by atoms with Crippen molar-refractivity contribution < 1.29 is 34.0 Å². The second-order valence-electron chi connectivity index (χ2n) is 7.58. The van der Waals surface area contributed by atoms with Crippen LogP contribution in [0.1, 0.15) is 33.1 Å². The number of rotatable bonds is 4. The molecule has 5 atom stereocenters. The Kier molecular flexibility index (Phi) is 5.55. The molecular formula is C20H26O7. The lowest BCUT2D eigenvalue weighted by molar-refractivity contribution is -0.149. The smallest absolute Gasteiger partial charge is 0.336 e. The van der Waals surface area contributed by atoms with Crippen LogP contribution in [-0.4, -0.2) is 59.3 Å². The van der Waals surface area contributed by atoms with Gasteiger partial charge in [-0.05, 0) is 32.8 Å².